The van der Waals surface area contributed by atoms with E-state index in [1.54, 1.807) is 0 Å². The maximum absolute atomic E-state index is 11.6. The van der Waals surface area contributed by atoms with Gasteiger partial charge >= 0.3 is 0 Å². The van der Waals surface area contributed by atoms with E-state index in [0.717, 1.165) is 0 Å². The Hall–Kier alpha value is -0.220. The van der Waals surface area contributed by atoms with E-state index in [-0.39, 0.29) is 13.3 Å². The van der Waals surface area contributed by atoms with Crippen molar-refractivity contribution in [3.05, 3.63) is 0 Å². The fourth-order valence-electron chi connectivity index (χ4n) is 0.573. The van der Waals surface area contributed by atoms with Crippen molar-refractivity contribution in [2.45, 2.75) is 12.5 Å². The van der Waals surface area contributed by atoms with Gasteiger partial charge in [0.25, 0.3) is 6.43 Å². The fraction of sp³-hybridized carbons (Fsp3) is 1.00. The van der Waals surface area contributed by atoms with Crippen molar-refractivity contribution < 1.29 is 13.5 Å². The topological polar surface area (TPSA) is 21.3 Å². The average molecular weight is 123 g/mol. The van der Waals surface area contributed by atoms with Crippen molar-refractivity contribution >= 4 is 0 Å². The maximum atomic E-state index is 11.6. The molecule has 4 heteroatoms. The molecule has 0 aromatic rings. The van der Waals surface area contributed by atoms with Gasteiger partial charge in [0, 0.05) is 0 Å². The van der Waals surface area contributed by atoms with E-state index < -0.39 is 12.5 Å². The van der Waals surface area contributed by atoms with E-state index in [4.69, 9.17) is 0 Å². The molecule has 0 radical (unpaired) electrons. The van der Waals surface area contributed by atoms with Crippen LogP contribution < -0.4 is 5.32 Å². The summed E-state index contributed by atoms with van der Waals surface area (Å²) in [5.74, 6) is 0. The molecule has 1 N–H and O–H groups in total. The highest BCUT2D eigenvalue weighted by atomic mass is 19.3. The van der Waals surface area contributed by atoms with E-state index in [9.17, 15) is 8.78 Å². The van der Waals surface area contributed by atoms with Crippen LogP contribution in [-0.2, 0) is 4.74 Å². The monoisotopic (exact) mass is 123 g/mol. The molecule has 1 saturated heterocycles. The molecule has 1 rings (SSSR count). The number of hydrogen-bond donors (Lipinski definition) is 1. The van der Waals surface area contributed by atoms with Gasteiger partial charge in [0.15, 0.2) is 0 Å². The van der Waals surface area contributed by atoms with Crippen molar-refractivity contribution in [2.75, 3.05) is 13.3 Å². The van der Waals surface area contributed by atoms with Crippen molar-refractivity contribution in [1.82, 2.24) is 5.32 Å². The van der Waals surface area contributed by atoms with Crippen LogP contribution in [0.2, 0.25) is 0 Å². The number of nitrogens with one attached hydrogen (secondary N) is 1. The number of ether oxygens (including phenoxy) is 1. The minimum Gasteiger partial charge on any atom is -0.364 e. The predicted molar refractivity (Wildman–Crippen MR) is 23.7 cm³/mol. The van der Waals surface area contributed by atoms with Crippen LogP contribution in [0, 0.1) is 0 Å². The Morgan fingerprint density at radius 2 is 2.38 bits per heavy atom. The smallest absolute Gasteiger partial charge is 0.256 e. The lowest BCUT2D eigenvalue weighted by Crippen LogP contribution is -2.31. The highest BCUT2D eigenvalue weighted by Gasteiger charge is 2.23. The van der Waals surface area contributed by atoms with Crippen LogP contribution in [0.15, 0.2) is 0 Å². The minimum absolute atomic E-state index is 0.137. The largest absolute Gasteiger partial charge is 0.364 e. The van der Waals surface area contributed by atoms with Gasteiger partial charge in [-0.2, -0.15) is 0 Å². The maximum Gasteiger partial charge on any atom is 0.256 e. The molecule has 1 unspecified atom stereocenters. The Labute approximate surface area is 45.8 Å². The highest BCUT2D eigenvalue weighted by Crippen LogP contribution is 2.04. The zero-order chi connectivity index (χ0) is 5.98. The van der Waals surface area contributed by atoms with Crippen LogP contribution >= 0.6 is 0 Å². The first-order chi connectivity index (χ1) is 3.80. The summed E-state index contributed by atoms with van der Waals surface area (Å²) in [6, 6.07) is -0.741. The molecule has 1 atom stereocenters. The van der Waals surface area contributed by atoms with Crippen LogP contribution in [-0.4, -0.2) is 25.8 Å². The third-order valence-electron chi connectivity index (χ3n) is 1.05. The Kier molecular flexibility index (Phi) is 1.75. The molecule has 0 amide bonds. The van der Waals surface area contributed by atoms with Gasteiger partial charge in [0.1, 0.15) is 0 Å². The Bertz CT molecular complexity index is 72.4. The summed E-state index contributed by atoms with van der Waals surface area (Å²) in [7, 11) is 0. The molecule has 1 aliphatic heterocycles. The first-order valence-corrected chi connectivity index (χ1v) is 2.40. The van der Waals surface area contributed by atoms with Crippen molar-refractivity contribution in [2.24, 2.45) is 0 Å². The van der Waals surface area contributed by atoms with Gasteiger partial charge in [0.05, 0.1) is 19.4 Å². The Balaban J connectivity index is 2.24. The summed E-state index contributed by atoms with van der Waals surface area (Å²) in [5, 5.41) is 2.48. The summed E-state index contributed by atoms with van der Waals surface area (Å²) < 4.78 is 27.8. The molecule has 1 heterocycles. The normalized spacial score (nSPS) is 29.6. The fourth-order valence-corrected chi connectivity index (χ4v) is 0.573. The van der Waals surface area contributed by atoms with Crippen LogP contribution in [0.25, 0.3) is 0 Å². The summed E-state index contributed by atoms with van der Waals surface area (Å²) in [6.45, 7) is 0.396. The molecule has 1 aliphatic rings. The third kappa shape index (κ3) is 1.14. The summed E-state index contributed by atoms with van der Waals surface area (Å²) in [6.07, 6.45) is -2.29. The van der Waals surface area contributed by atoms with Crippen molar-refractivity contribution in [3.63, 3.8) is 0 Å². The van der Waals surface area contributed by atoms with Gasteiger partial charge in [-0.1, -0.05) is 0 Å². The molecule has 0 bridgehead atoms. The van der Waals surface area contributed by atoms with E-state index >= 15 is 0 Å². The molecule has 0 aromatic heterocycles. The second-order valence-corrected chi connectivity index (χ2v) is 1.66. The first-order valence-electron chi connectivity index (χ1n) is 2.40. The number of halogens is 2. The number of hydrogen-bond acceptors (Lipinski definition) is 2. The van der Waals surface area contributed by atoms with Crippen LogP contribution in [0.5, 0.6) is 0 Å². The molecular weight excluding hydrogens is 116 g/mol. The summed E-state index contributed by atoms with van der Waals surface area (Å²) in [5.41, 5.74) is 0. The van der Waals surface area contributed by atoms with Crippen LogP contribution in [0.4, 0.5) is 8.78 Å². The lowest BCUT2D eigenvalue weighted by atomic mass is 10.3. The van der Waals surface area contributed by atoms with E-state index in [2.05, 4.69) is 10.1 Å². The first kappa shape index (κ1) is 5.91. The lowest BCUT2D eigenvalue weighted by Gasteiger charge is -2.03. The molecular formula is C4H7F2NO. The molecule has 0 aromatic carbocycles. The second-order valence-electron chi connectivity index (χ2n) is 1.66. The summed E-state index contributed by atoms with van der Waals surface area (Å²) >= 11 is 0. The van der Waals surface area contributed by atoms with Gasteiger partial charge in [-0.05, 0) is 0 Å². The molecule has 0 saturated carbocycles. The Morgan fingerprint density at radius 1 is 1.62 bits per heavy atom. The molecule has 2 nitrogen and oxygen atoms in total. The molecule has 48 valence electrons. The van der Waals surface area contributed by atoms with Gasteiger partial charge in [-0.15, -0.1) is 0 Å². The van der Waals surface area contributed by atoms with Gasteiger partial charge in [-0.3, -0.25) is 5.32 Å². The zero-order valence-corrected chi connectivity index (χ0v) is 4.23. The minimum atomic E-state index is -2.29. The molecule has 1 fully saturated rings. The SMILES string of the molecule is FC(F)C1COCN1. The third-order valence-corrected chi connectivity index (χ3v) is 1.05. The summed E-state index contributed by atoms with van der Waals surface area (Å²) in [4.78, 5) is 0. The zero-order valence-electron chi connectivity index (χ0n) is 4.23. The van der Waals surface area contributed by atoms with Gasteiger partial charge in [-0.25, -0.2) is 8.78 Å². The molecule has 0 spiro atoms. The average Bonchev–Trinajstić information content (AvgIpc) is 2.12. The van der Waals surface area contributed by atoms with Crippen molar-refractivity contribution in [3.8, 4) is 0 Å². The highest BCUT2D eigenvalue weighted by molar-refractivity contribution is 4.70. The van der Waals surface area contributed by atoms with Gasteiger partial charge < -0.3 is 4.74 Å². The van der Waals surface area contributed by atoms with E-state index in [1.165, 1.54) is 0 Å². The quantitative estimate of drug-likeness (QED) is 0.537. The molecule has 0 aliphatic carbocycles. The number of rotatable bonds is 1. The van der Waals surface area contributed by atoms with Crippen LogP contribution in [0.1, 0.15) is 0 Å². The van der Waals surface area contributed by atoms with Crippen molar-refractivity contribution in [1.29, 1.82) is 0 Å². The van der Waals surface area contributed by atoms with E-state index in [1.807, 2.05) is 0 Å². The predicted octanol–water partition coefficient (Wildman–Crippen LogP) is 0.197. The Morgan fingerprint density at radius 3 is 2.62 bits per heavy atom. The lowest BCUT2D eigenvalue weighted by molar-refractivity contribution is 0.0967. The van der Waals surface area contributed by atoms with Gasteiger partial charge in [0.2, 0.25) is 0 Å². The van der Waals surface area contributed by atoms with E-state index in [0.29, 0.717) is 0 Å². The molecule has 8 heavy (non-hydrogen) atoms. The number of alkyl halides is 2. The standard InChI is InChI=1S/C4H7F2NO/c5-4(6)3-1-8-2-7-3/h3-4,7H,1-2H2. The van der Waals surface area contributed by atoms with Crippen LogP contribution in [0.3, 0.4) is 0 Å². The second kappa shape index (κ2) is 2.37.